The molecule has 136 valence electrons. The van der Waals surface area contributed by atoms with Crippen molar-refractivity contribution in [2.75, 3.05) is 0 Å². The second-order valence-electron chi connectivity index (χ2n) is 8.15. The second kappa shape index (κ2) is 6.81. The molecule has 0 unspecified atom stereocenters. The number of hydrogen-bond donors (Lipinski definition) is 0. The average Bonchev–Trinajstić information content (AvgIpc) is 2.95. The van der Waals surface area contributed by atoms with E-state index in [2.05, 4.69) is 95.3 Å². The quantitative estimate of drug-likeness (QED) is 0.364. The maximum atomic E-state index is 5.33. The highest BCUT2D eigenvalue weighted by Gasteiger charge is 2.25. The summed E-state index contributed by atoms with van der Waals surface area (Å²) in [6, 6.07) is 22.0. The molecule has 1 nitrogen and oxygen atoms in total. The first-order valence-electron chi connectivity index (χ1n) is 9.89. The highest BCUT2D eigenvalue weighted by Crippen LogP contribution is 2.41. The number of hydrogen-bond acceptors (Lipinski definition) is 1. The van der Waals surface area contributed by atoms with Gasteiger partial charge in [0.2, 0.25) is 0 Å². The Labute approximate surface area is 162 Å². The number of fused-ring (bicyclic) bond motifs is 3. The molecule has 1 heteroatoms. The van der Waals surface area contributed by atoms with Crippen LogP contribution in [0.15, 0.2) is 65.7 Å². The van der Waals surface area contributed by atoms with Crippen LogP contribution in [0.5, 0.6) is 0 Å². The number of nitrogens with zero attached hydrogens (tertiary/aromatic N) is 1. The van der Waals surface area contributed by atoms with Gasteiger partial charge in [0.25, 0.3) is 0 Å². The summed E-state index contributed by atoms with van der Waals surface area (Å²) in [5.74, 6) is 0.884. The van der Waals surface area contributed by atoms with E-state index in [4.69, 9.17) is 4.99 Å². The molecular weight excluding hydrogens is 326 g/mol. The van der Waals surface area contributed by atoms with Crippen LogP contribution in [0.1, 0.15) is 67.3 Å². The highest BCUT2D eigenvalue weighted by atomic mass is 14.8. The minimum absolute atomic E-state index is 0.442. The molecule has 0 aromatic heterocycles. The van der Waals surface area contributed by atoms with Crippen LogP contribution < -0.4 is 0 Å². The summed E-state index contributed by atoms with van der Waals surface area (Å²) < 4.78 is 0. The zero-order valence-electron chi connectivity index (χ0n) is 16.9. The van der Waals surface area contributed by atoms with E-state index in [9.17, 15) is 0 Å². The van der Waals surface area contributed by atoms with Gasteiger partial charge in [0.1, 0.15) is 0 Å². The largest absolute Gasteiger partial charge is 0.247 e. The van der Waals surface area contributed by atoms with Gasteiger partial charge in [0.05, 0.1) is 11.4 Å². The van der Waals surface area contributed by atoms with E-state index in [1.165, 1.54) is 38.9 Å². The van der Waals surface area contributed by atoms with E-state index in [-0.39, 0.29) is 0 Å². The summed E-state index contributed by atoms with van der Waals surface area (Å²) in [5, 5.41) is 0. The van der Waals surface area contributed by atoms with Crippen molar-refractivity contribution in [2.24, 2.45) is 4.99 Å². The fraction of sp³-hybridized carbons (Fsp3) is 0.269. The van der Waals surface area contributed by atoms with Crippen molar-refractivity contribution in [3.05, 3.63) is 88.5 Å². The van der Waals surface area contributed by atoms with Crippen LogP contribution in [0, 0.1) is 6.92 Å². The zero-order chi connectivity index (χ0) is 19.1. The Hall–Kier alpha value is -2.67. The van der Waals surface area contributed by atoms with Gasteiger partial charge in [-0.1, -0.05) is 93.9 Å². The topological polar surface area (TPSA) is 12.4 Å². The Bertz CT molecular complexity index is 1010. The van der Waals surface area contributed by atoms with Crippen molar-refractivity contribution in [2.45, 2.75) is 46.5 Å². The van der Waals surface area contributed by atoms with Crippen molar-refractivity contribution in [3.8, 4) is 11.1 Å². The fourth-order valence-corrected chi connectivity index (χ4v) is 4.03. The molecule has 1 aliphatic carbocycles. The van der Waals surface area contributed by atoms with E-state index < -0.39 is 0 Å². The SMILES string of the molecule is Cc1ccc2c(c1)-c1ccccc1C2=Nc1c(C(C)C)cccc1C(C)C. The van der Waals surface area contributed by atoms with E-state index in [1.807, 2.05) is 0 Å². The second-order valence-corrected chi connectivity index (χ2v) is 8.15. The third-order valence-corrected chi connectivity index (χ3v) is 5.47. The Morgan fingerprint density at radius 1 is 0.630 bits per heavy atom. The molecular formula is C26H27N. The van der Waals surface area contributed by atoms with Gasteiger partial charge in [-0.15, -0.1) is 0 Å². The minimum atomic E-state index is 0.442. The lowest BCUT2D eigenvalue weighted by Gasteiger charge is -2.17. The van der Waals surface area contributed by atoms with Gasteiger partial charge in [-0.3, -0.25) is 0 Å². The molecule has 0 fully saturated rings. The monoisotopic (exact) mass is 353 g/mol. The molecule has 0 amide bonds. The number of aryl methyl sites for hydroxylation is 1. The molecule has 0 aliphatic heterocycles. The van der Waals surface area contributed by atoms with Gasteiger partial charge < -0.3 is 0 Å². The third kappa shape index (κ3) is 3.02. The van der Waals surface area contributed by atoms with Gasteiger partial charge in [-0.05, 0) is 41.0 Å². The molecule has 1 aliphatic rings. The van der Waals surface area contributed by atoms with Crippen molar-refractivity contribution < 1.29 is 0 Å². The summed E-state index contributed by atoms with van der Waals surface area (Å²) in [4.78, 5) is 5.33. The van der Waals surface area contributed by atoms with Crippen molar-refractivity contribution in [1.82, 2.24) is 0 Å². The van der Waals surface area contributed by atoms with Crippen LogP contribution in [0.3, 0.4) is 0 Å². The first-order valence-corrected chi connectivity index (χ1v) is 9.89. The maximum Gasteiger partial charge on any atom is 0.0794 e. The van der Waals surface area contributed by atoms with Crippen molar-refractivity contribution >= 4 is 11.4 Å². The van der Waals surface area contributed by atoms with E-state index in [1.54, 1.807) is 0 Å². The molecule has 0 bridgehead atoms. The molecule has 0 atom stereocenters. The van der Waals surface area contributed by atoms with Crippen LogP contribution >= 0.6 is 0 Å². The molecule has 4 rings (SSSR count). The van der Waals surface area contributed by atoms with E-state index in [0.29, 0.717) is 11.8 Å². The van der Waals surface area contributed by atoms with Crippen LogP contribution in [0.4, 0.5) is 5.69 Å². The van der Waals surface area contributed by atoms with Crippen LogP contribution in [0.25, 0.3) is 11.1 Å². The van der Waals surface area contributed by atoms with Gasteiger partial charge >= 0.3 is 0 Å². The molecule has 0 N–H and O–H groups in total. The molecule has 27 heavy (non-hydrogen) atoms. The van der Waals surface area contributed by atoms with Gasteiger partial charge in [0.15, 0.2) is 0 Å². The van der Waals surface area contributed by atoms with Crippen LogP contribution in [-0.2, 0) is 0 Å². The predicted octanol–water partition coefficient (Wildman–Crippen LogP) is 7.39. The summed E-state index contributed by atoms with van der Waals surface area (Å²) in [6.45, 7) is 11.2. The molecule has 0 heterocycles. The maximum absolute atomic E-state index is 5.33. The minimum Gasteiger partial charge on any atom is -0.247 e. The fourth-order valence-electron chi connectivity index (χ4n) is 4.03. The average molecular weight is 354 g/mol. The van der Waals surface area contributed by atoms with Crippen molar-refractivity contribution in [3.63, 3.8) is 0 Å². The van der Waals surface area contributed by atoms with Gasteiger partial charge in [-0.25, -0.2) is 4.99 Å². The molecule has 0 radical (unpaired) electrons. The lowest BCUT2D eigenvalue weighted by atomic mass is 9.92. The Morgan fingerprint density at radius 3 is 1.85 bits per heavy atom. The summed E-state index contributed by atoms with van der Waals surface area (Å²) >= 11 is 0. The standard InChI is InChI=1S/C26H27N/c1-16(2)19-11-8-12-20(17(3)4)25(19)27-26-22-10-7-6-9-21(22)24-15-18(5)13-14-23(24)26/h6-17H,1-5H3. The smallest absolute Gasteiger partial charge is 0.0794 e. The number of benzene rings is 3. The van der Waals surface area contributed by atoms with Gasteiger partial charge in [-0.2, -0.15) is 0 Å². The van der Waals surface area contributed by atoms with E-state index in [0.717, 1.165) is 11.4 Å². The summed E-state index contributed by atoms with van der Waals surface area (Å²) in [6.07, 6.45) is 0. The van der Waals surface area contributed by atoms with E-state index >= 15 is 0 Å². The molecule has 0 saturated carbocycles. The lowest BCUT2D eigenvalue weighted by molar-refractivity contribution is 0.835. The Morgan fingerprint density at radius 2 is 1.22 bits per heavy atom. The molecule has 3 aromatic rings. The van der Waals surface area contributed by atoms with Crippen LogP contribution in [0.2, 0.25) is 0 Å². The highest BCUT2D eigenvalue weighted by molar-refractivity contribution is 6.25. The molecule has 0 saturated heterocycles. The predicted molar refractivity (Wildman–Crippen MR) is 117 cm³/mol. The molecule has 0 spiro atoms. The lowest BCUT2D eigenvalue weighted by Crippen LogP contribution is -2.01. The first kappa shape index (κ1) is 17.7. The number of rotatable bonds is 3. The van der Waals surface area contributed by atoms with Crippen LogP contribution in [-0.4, -0.2) is 5.71 Å². The normalized spacial score (nSPS) is 14.1. The number of para-hydroxylation sites is 1. The van der Waals surface area contributed by atoms with Gasteiger partial charge in [0, 0.05) is 11.1 Å². The third-order valence-electron chi connectivity index (χ3n) is 5.47. The Balaban J connectivity index is 2.02. The van der Waals surface area contributed by atoms with Crippen molar-refractivity contribution in [1.29, 1.82) is 0 Å². The zero-order valence-corrected chi connectivity index (χ0v) is 16.9. The summed E-state index contributed by atoms with van der Waals surface area (Å²) in [7, 11) is 0. The number of aliphatic imine (C=N–C) groups is 1. The first-order chi connectivity index (χ1) is 13.0. The molecule has 3 aromatic carbocycles. The summed E-state index contributed by atoms with van der Waals surface area (Å²) in [5.41, 5.74) is 11.3. The Kier molecular flexibility index (Phi) is 4.47.